The molecule has 1 unspecified atom stereocenters. The first-order valence-corrected chi connectivity index (χ1v) is 15.1. The maximum atomic E-state index is 12.1. The quantitative estimate of drug-likeness (QED) is 0.425. The van der Waals surface area contributed by atoms with Crippen LogP contribution < -0.4 is 15.1 Å². The number of imidazole rings is 1. The first-order chi connectivity index (χ1) is 18.9. The van der Waals surface area contributed by atoms with Gasteiger partial charge in [0.1, 0.15) is 0 Å². The minimum absolute atomic E-state index is 0.335. The number of aromatic nitrogens is 6. The topological polar surface area (TPSA) is 144 Å². The minimum atomic E-state index is -3.24. The second-order valence-corrected chi connectivity index (χ2v) is 12.1. The Morgan fingerprint density at radius 3 is 2.33 bits per heavy atom. The van der Waals surface area contributed by atoms with E-state index in [4.69, 9.17) is 24.4 Å². The van der Waals surface area contributed by atoms with Crippen LogP contribution in [0.15, 0.2) is 12.4 Å². The van der Waals surface area contributed by atoms with Crippen molar-refractivity contribution in [1.29, 1.82) is 0 Å². The van der Waals surface area contributed by atoms with Crippen LogP contribution in [0.4, 0.5) is 17.7 Å². The van der Waals surface area contributed by atoms with Gasteiger partial charge in [0.25, 0.3) is 0 Å². The number of fused-ring (bicyclic) bond motifs is 1. The molecule has 0 radical (unpaired) electrons. The van der Waals surface area contributed by atoms with Gasteiger partial charge in [0.15, 0.2) is 22.8 Å². The normalized spacial score (nSPS) is 21.1. The predicted octanol–water partition coefficient (Wildman–Crippen LogP) is 0.280. The molecule has 1 N–H and O–H groups in total. The number of piperazine rings is 1. The number of hydrogen-bond acceptors (Lipinski definition) is 12. The van der Waals surface area contributed by atoms with E-state index in [0.29, 0.717) is 88.9 Å². The number of nitrogens with one attached hydrogen (secondary N) is 1. The third-order valence-electron chi connectivity index (χ3n) is 7.46. The highest BCUT2D eigenvalue weighted by Crippen LogP contribution is 2.33. The SMILES string of the molecule is CNc1ncc(-c2nc(N3CCOCC3)c3nc(N4CCN(S(C)(=O)=O)CC4)n(CC4CCOC4)c3n2)cn1. The second-order valence-electron chi connectivity index (χ2n) is 10.1. The number of rotatable bonds is 7. The molecule has 14 nitrogen and oxygen atoms in total. The van der Waals surface area contributed by atoms with Crippen molar-refractivity contribution in [2.45, 2.75) is 13.0 Å². The molecular formula is C24H34N10O4S. The Bertz CT molecular complexity index is 1410. The van der Waals surface area contributed by atoms with Crippen LogP contribution in [0, 0.1) is 5.92 Å². The van der Waals surface area contributed by atoms with Crippen LogP contribution in [-0.4, -0.2) is 121 Å². The Labute approximate surface area is 227 Å². The number of ether oxygens (including phenoxy) is 2. The van der Waals surface area contributed by atoms with Crippen molar-refractivity contribution in [3.8, 4) is 11.4 Å². The third kappa shape index (κ3) is 5.35. The van der Waals surface area contributed by atoms with Crippen LogP contribution in [0.5, 0.6) is 0 Å². The Morgan fingerprint density at radius 1 is 0.949 bits per heavy atom. The molecule has 39 heavy (non-hydrogen) atoms. The molecule has 3 aromatic heterocycles. The molecule has 15 heteroatoms. The second kappa shape index (κ2) is 10.8. The summed E-state index contributed by atoms with van der Waals surface area (Å²) < 4.78 is 39.2. The van der Waals surface area contributed by atoms with Crippen LogP contribution in [0.2, 0.25) is 0 Å². The smallest absolute Gasteiger partial charge is 0.222 e. The highest BCUT2D eigenvalue weighted by atomic mass is 32.2. The van der Waals surface area contributed by atoms with Crippen LogP contribution in [0.25, 0.3) is 22.6 Å². The summed E-state index contributed by atoms with van der Waals surface area (Å²) in [5.41, 5.74) is 2.19. The number of anilines is 3. The molecule has 210 valence electrons. The fraction of sp³-hybridized carbons (Fsp3) is 0.625. The lowest BCUT2D eigenvalue weighted by Gasteiger charge is -2.34. The molecule has 3 saturated heterocycles. The molecule has 6 rings (SSSR count). The number of nitrogens with zero attached hydrogens (tertiary/aromatic N) is 9. The van der Waals surface area contributed by atoms with Crippen LogP contribution in [0.1, 0.15) is 6.42 Å². The molecule has 3 fully saturated rings. The first-order valence-electron chi connectivity index (χ1n) is 13.3. The van der Waals surface area contributed by atoms with Gasteiger partial charge in [-0.05, 0) is 6.42 Å². The highest BCUT2D eigenvalue weighted by molar-refractivity contribution is 7.88. The molecule has 6 heterocycles. The summed E-state index contributed by atoms with van der Waals surface area (Å²) in [6, 6.07) is 0. The summed E-state index contributed by atoms with van der Waals surface area (Å²) in [7, 11) is -1.47. The number of morpholine rings is 1. The maximum Gasteiger partial charge on any atom is 0.222 e. The lowest BCUT2D eigenvalue weighted by Crippen LogP contribution is -2.49. The Hall–Kier alpha value is -3.14. The molecule has 0 aliphatic carbocycles. The zero-order valence-corrected chi connectivity index (χ0v) is 23.1. The average molecular weight is 559 g/mol. The summed E-state index contributed by atoms with van der Waals surface area (Å²) in [5.74, 6) is 2.93. The summed E-state index contributed by atoms with van der Waals surface area (Å²) in [4.78, 5) is 28.2. The van der Waals surface area contributed by atoms with Gasteiger partial charge in [-0.2, -0.15) is 4.31 Å². The molecule has 0 amide bonds. The largest absolute Gasteiger partial charge is 0.381 e. The maximum absolute atomic E-state index is 12.1. The minimum Gasteiger partial charge on any atom is -0.381 e. The lowest BCUT2D eigenvalue weighted by atomic mass is 10.1. The number of sulfonamides is 1. The van der Waals surface area contributed by atoms with Crippen molar-refractivity contribution in [2.75, 3.05) is 94.1 Å². The average Bonchev–Trinajstić information content (AvgIpc) is 3.61. The van der Waals surface area contributed by atoms with Crippen molar-refractivity contribution >= 4 is 38.9 Å². The summed E-state index contributed by atoms with van der Waals surface area (Å²) in [6.07, 6.45) is 5.67. The van der Waals surface area contributed by atoms with Crippen LogP contribution >= 0.6 is 0 Å². The Balaban J connectivity index is 1.47. The van der Waals surface area contributed by atoms with Gasteiger partial charge in [-0.1, -0.05) is 0 Å². The fourth-order valence-electron chi connectivity index (χ4n) is 5.29. The van der Waals surface area contributed by atoms with E-state index >= 15 is 0 Å². The van der Waals surface area contributed by atoms with E-state index in [1.807, 2.05) is 0 Å². The van der Waals surface area contributed by atoms with E-state index in [1.54, 1.807) is 19.4 Å². The zero-order valence-electron chi connectivity index (χ0n) is 22.3. The highest BCUT2D eigenvalue weighted by Gasteiger charge is 2.31. The van der Waals surface area contributed by atoms with Gasteiger partial charge in [-0.15, -0.1) is 0 Å². The predicted molar refractivity (Wildman–Crippen MR) is 146 cm³/mol. The van der Waals surface area contributed by atoms with Crippen molar-refractivity contribution in [3.05, 3.63) is 12.4 Å². The Morgan fingerprint density at radius 2 is 1.69 bits per heavy atom. The van der Waals surface area contributed by atoms with Crippen LogP contribution in [-0.2, 0) is 26.0 Å². The lowest BCUT2D eigenvalue weighted by molar-refractivity contribution is 0.122. The van der Waals surface area contributed by atoms with Gasteiger partial charge in [0, 0.05) is 77.8 Å². The summed E-state index contributed by atoms with van der Waals surface area (Å²) in [5, 5.41) is 2.94. The monoisotopic (exact) mass is 558 g/mol. The first kappa shape index (κ1) is 26.1. The third-order valence-corrected chi connectivity index (χ3v) is 8.76. The van der Waals surface area contributed by atoms with Gasteiger partial charge in [0.2, 0.25) is 21.9 Å². The molecule has 3 aliphatic rings. The van der Waals surface area contributed by atoms with Gasteiger partial charge in [-0.3, -0.25) is 4.57 Å². The standard InChI is InChI=1S/C24H34N10O4S/c1-25-23-26-13-18(14-27-23)20-29-21(31-8-11-37-12-9-31)19-22(30-20)34(15-17-3-10-38-16-17)24(28-19)32-4-6-33(7-5-32)39(2,35)36/h13-14,17H,3-12,15-16H2,1-2H3,(H,25,26,27). The summed E-state index contributed by atoms with van der Waals surface area (Å²) in [6.45, 7) is 6.68. The molecule has 0 bridgehead atoms. The van der Waals surface area contributed by atoms with Crippen molar-refractivity contribution in [2.24, 2.45) is 5.92 Å². The summed E-state index contributed by atoms with van der Waals surface area (Å²) >= 11 is 0. The fourth-order valence-corrected chi connectivity index (χ4v) is 6.11. The van der Waals surface area contributed by atoms with Crippen molar-refractivity contribution < 1.29 is 17.9 Å². The molecule has 1 atom stereocenters. The van der Waals surface area contributed by atoms with E-state index < -0.39 is 10.0 Å². The zero-order chi connectivity index (χ0) is 27.0. The molecule has 0 spiro atoms. The van der Waals surface area contributed by atoms with Crippen molar-refractivity contribution in [3.63, 3.8) is 0 Å². The van der Waals surface area contributed by atoms with E-state index in [0.717, 1.165) is 36.0 Å². The number of hydrogen-bond donors (Lipinski definition) is 1. The van der Waals surface area contributed by atoms with Crippen LogP contribution in [0.3, 0.4) is 0 Å². The molecule has 0 saturated carbocycles. The van der Waals surface area contributed by atoms with E-state index in [-0.39, 0.29) is 0 Å². The van der Waals surface area contributed by atoms with E-state index in [1.165, 1.54) is 10.6 Å². The van der Waals surface area contributed by atoms with Crippen molar-refractivity contribution in [1.82, 2.24) is 33.8 Å². The molecular weight excluding hydrogens is 524 g/mol. The van der Waals surface area contributed by atoms with E-state index in [9.17, 15) is 8.42 Å². The molecule has 3 aliphatic heterocycles. The van der Waals surface area contributed by atoms with Gasteiger partial charge in [0.05, 0.1) is 31.6 Å². The van der Waals surface area contributed by atoms with Gasteiger partial charge >= 0.3 is 0 Å². The van der Waals surface area contributed by atoms with Gasteiger partial charge in [-0.25, -0.2) is 33.3 Å². The van der Waals surface area contributed by atoms with E-state index in [2.05, 4.69) is 29.7 Å². The Kier molecular flexibility index (Phi) is 7.22. The molecule has 0 aromatic carbocycles. The molecule has 3 aromatic rings. The van der Waals surface area contributed by atoms with Gasteiger partial charge < -0.3 is 24.6 Å².